The number of thiazole rings is 1. The Labute approximate surface area is 173 Å². The molecule has 2 heterocycles. The van der Waals surface area contributed by atoms with E-state index in [0.717, 1.165) is 14.9 Å². The van der Waals surface area contributed by atoms with Crippen LogP contribution < -0.4 is 10.1 Å². The molecule has 27 heavy (non-hydrogen) atoms. The van der Waals surface area contributed by atoms with Crippen LogP contribution in [0.15, 0.2) is 40.2 Å². The van der Waals surface area contributed by atoms with Gasteiger partial charge in [0, 0.05) is 17.0 Å². The number of hydrogen-bond donors (Lipinski definition) is 1. The lowest BCUT2D eigenvalue weighted by Gasteiger charge is -2.05. The zero-order chi connectivity index (χ0) is 19.4. The quantitative estimate of drug-likeness (QED) is 0.498. The second-order valence-electron chi connectivity index (χ2n) is 5.41. The molecule has 0 aliphatic rings. The summed E-state index contributed by atoms with van der Waals surface area (Å²) in [5, 5.41) is 15.6. The molecule has 0 atom stereocenters. The first-order chi connectivity index (χ1) is 13.0. The number of allylic oxidation sites excluding steroid dienone is 1. The molecule has 3 rings (SSSR count). The van der Waals surface area contributed by atoms with Crippen LogP contribution >= 0.6 is 38.6 Å². The lowest BCUT2D eigenvalue weighted by molar-refractivity contribution is -0.114. The van der Waals surface area contributed by atoms with E-state index in [1.807, 2.05) is 35.7 Å². The number of nitrogens with one attached hydrogen (secondary N) is 1. The summed E-state index contributed by atoms with van der Waals surface area (Å²) in [5.74, 6) is 0.474. The molecule has 0 radical (unpaired) electrons. The summed E-state index contributed by atoms with van der Waals surface area (Å²) >= 11 is 6.24. The number of carbonyl (C=O) groups excluding carboxylic acids is 1. The number of nitrogens with zero attached hydrogens (tertiary/aromatic N) is 2. The van der Waals surface area contributed by atoms with E-state index in [-0.39, 0.29) is 5.91 Å². The Morgan fingerprint density at radius 2 is 2.22 bits per heavy atom. The molecular formula is C19H14BrN3O2S2. The van der Waals surface area contributed by atoms with Crippen molar-refractivity contribution < 1.29 is 9.53 Å². The summed E-state index contributed by atoms with van der Waals surface area (Å²) in [5.41, 5.74) is 1.82. The number of carbonyl (C=O) groups is 1. The topological polar surface area (TPSA) is 75.0 Å². The Morgan fingerprint density at radius 3 is 2.85 bits per heavy atom. The molecule has 0 unspecified atom stereocenters. The van der Waals surface area contributed by atoms with E-state index in [9.17, 15) is 10.1 Å². The molecule has 1 amide bonds. The summed E-state index contributed by atoms with van der Waals surface area (Å²) in [6.07, 6.45) is 1.73. The number of nitriles is 1. The van der Waals surface area contributed by atoms with E-state index in [1.165, 1.54) is 29.6 Å². The molecule has 136 valence electrons. The van der Waals surface area contributed by atoms with Crippen molar-refractivity contribution in [3.8, 4) is 22.4 Å². The maximum Gasteiger partial charge on any atom is 0.221 e. The Bertz CT molecular complexity index is 1050. The first-order valence-corrected chi connectivity index (χ1v) is 10.3. The third-order valence-corrected chi connectivity index (χ3v) is 5.89. The average molecular weight is 460 g/mol. The van der Waals surface area contributed by atoms with Gasteiger partial charge in [-0.1, -0.05) is 33.3 Å². The predicted molar refractivity (Wildman–Crippen MR) is 114 cm³/mol. The van der Waals surface area contributed by atoms with Crippen LogP contribution in [0.3, 0.4) is 0 Å². The van der Waals surface area contributed by atoms with E-state index >= 15 is 0 Å². The van der Waals surface area contributed by atoms with Gasteiger partial charge in [-0.15, -0.1) is 11.3 Å². The Kier molecular flexibility index (Phi) is 6.06. The number of halogens is 1. The zero-order valence-corrected chi connectivity index (χ0v) is 17.7. The smallest absolute Gasteiger partial charge is 0.221 e. The van der Waals surface area contributed by atoms with E-state index in [2.05, 4.69) is 32.3 Å². The third kappa shape index (κ3) is 4.45. The van der Waals surface area contributed by atoms with Gasteiger partial charge in [0.15, 0.2) is 0 Å². The highest BCUT2D eigenvalue weighted by Gasteiger charge is 2.18. The first kappa shape index (κ1) is 19.3. The van der Waals surface area contributed by atoms with Gasteiger partial charge in [-0.3, -0.25) is 4.79 Å². The van der Waals surface area contributed by atoms with Gasteiger partial charge in [0.1, 0.15) is 27.5 Å². The number of thiophene rings is 1. The van der Waals surface area contributed by atoms with E-state index in [1.54, 1.807) is 13.2 Å². The molecular weight excluding hydrogens is 446 g/mol. The standard InChI is InChI=1S/C19H14BrN3O2S2/c1-11(24)22-19-17(16-4-3-7-26-16)23-18(27-19)13(10-21)8-12-9-14(20)5-6-15(12)25-2/h3-9H,1-2H3,(H,22,24)/b13-8+. The van der Waals surface area contributed by atoms with Gasteiger partial charge in [0.25, 0.3) is 0 Å². The largest absolute Gasteiger partial charge is 0.496 e. The van der Waals surface area contributed by atoms with Gasteiger partial charge in [-0.2, -0.15) is 5.26 Å². The van der Waals surface area contributed by atoms with E-state index in [4.69, 9.17) is 4.74 Å². The molecule has 2 aromatic heterocycles. The Morgan fingerprint density at radius 1 is 1.41 bits per heavy atom. The molecule has 0 saturated heterocycles. The van der Waals surface area contributed by atoms with Gasteiger partial charge in [0.2, 0.25) is 5.91 Å². The van der Waals surface area contributed by atoms with Crippen molar-refractivity contribution >= 4 is 61.2 Å². The third-order valence-electron chi connectivity index (χ3n) is 3.51. The minimum absolute atomic E-state index is 0.181. The zero-order valence-electron chi connectivity index (χ0n) is 14.4. The summed E-state index contributed by atoms with van der Waals surface area (Å²) < 4.78 is 6.25. The van der Waals surface area contributed by atoms with Crippen molar-refractivity contribution in [3.63, 3.8) is 0 Å². The van der Waals surface area contributed by atoms with Crippen molar-refractivity contribution in [2.75, 3.05) is 12.4 Å². The lowest BCUT2D eigenvalue weighted by Crippen LogP contribution is -2.04. The number of amides is 1. The maximum atomic E-state index is 11.6. The number of methoxy groups -OCH3 is 1. The van der Waals surface area contributed by atoms with Crippen LogP contribution in [0.1, 0.15) is 17.5 Å². The number of ether oxygens (including phenoxy) is 1. The Hall–Kier alpha value is -2.47. The summed E-state index contributed by atoms with van der Waals surface area (Å²) in [4.78, 5) is 17.1. The summed E-state index contributed by atoms with van der Waals surface area (Å²) in [6.45, 7) is 1.45. The van der Waals surface area contributed by atoms with Crippen LogP contribution in [0.2, 0.25) is 0 Å². The van der Waals surface area contributed by atoms with Gasteiger partial charge >= 0.3 is 0 Å². The molecule has 0 spiro atoms. The molecule has 0 aliphatic carbocycles. The fraction of sp³-hybridized carbons (Fsp3) is 0.105. The number of rotatable bonds is 5. The fourth-order valence-electron chi connectivity index (χ4n) is 2.38. The normalized spacial score (nSPS) is 11.1. The lowest BCUT2D eigenvalue weighted by atomic mass is 10.1. The van der Waals surface area contributed by atoms with Gasteiger partial charge in [-0.05, 0) is 35.7 Å². The van der Waals surface area contributed by atoms with Crippen LogP contribution in [0.4, 0.5) is 5.00 Å². The fourth-order valence-corrected chi connectivity index (χ4v) is 4.53. The SMILES string of the molecule is COc1ccc(Br)cc1/C=C(\C#N)c1nc(-c2cccs2)c(NC(C)=O)s1. The number of hydrogen-bond acceptors (Lipinski definition) is 6. The van der Waals surface area contributed by atoms with Gasteiger partial charge in [0.05, 0.1) is 17.6 Å². The number of aromatic nitrogens is 1. The van der Waals surface area contributed by atoms with Crippen LogP contribution in [-0.2, 0) is 4.79 Å². The minimum atomic E-state index is -0.181. The van der Waals surface area contributed by atoms with E-state index in [0.29, 0.717) is 27.0 Å². The van der Waals surface area contributed by atoms with Crippen LogP contribution in [0.5, 0.6) is 5.75 Å². The van der Waals surface area contributed by atoms with Crippen molar-refractivity contribution in [2.24, 2.45) is 0 Å². The highest BCUT2D eigenvalue weighted by molar-refractivity contribution is 9.10. The van der Waals surface area contributed by atoms with Crippen LogP contribution in [0, 0.1) is 11.3 Å². The molecule has 0 saturated carbocycles. The Balaban J connectivity index is 2.10. The highest BCUT2D eigenvalue weighted by atomic mass is 79.9. The second-order valence-corrected chi connectivity index (χ2v) is 8.27. The molecule has 0 bridgehead atoms. The van der Waals surface area contributed by atoms with Crippen molar-refractivity contribution in [1.29, 1.82) is 5.26 Å². The van der Waals surface area contributed by atoms with Crippen molar-refractivity contribution in [2.45, 2.75) is 6.92 Å². The van der Waals surface area contributed by atoms with Crippen LogP contribution in [0.25, 0.3) is 22.2 Å². The minimum Gasteiger partial charge on any atom is -0.496 e. The predicted octanol–water partition coefficient (Wildman–Crippen LogP) is 5.67. The second kappa shape index (κ2) is 8.48. The number of anilines is 1. The van der Waals surface area contributed by atoms with Gasteiger partial charge in [-0.25, -0.2) is 4.98 Å². The number of benzene rings is 1. The van der Waals surface area contributed by atoms with E-state index < -0.39 is 0 Å². The molecule has 0 fully saturated rings. The van der Waals surface area contributed by atoms with Crippen LogP contribution in [-0.4, -0.2) is 18.0 Å². The monoisotopic (exact) mass is 459 g/mol. The van der Waals surface area contributed by atoms with Gasteiger partial charge < -0.3 is 10.1 Å². The van der Waals surface area contributed by atoms with Crippen molar-refractivity contribution in [3.05, 3.63) is 50.8 Å². The van der Waals surface area contributed by atoms with Crippen molar-refractivity contribution in [1.82, 2.24) is 4.98 Å². The molecule has 1 aromatic carbocycles. The summed E-state index contributed by atoms with van der Waals surface area (Å²) in [7, 11) is 1.58. The maximum absolute atomic E-state index is 11.6. The first-order valence-electron chi connectivity index (χ1n) is 7.80. The molecule has 5 nitrogen and oxygen atoms in total. The molecule has 0 aliphatic heterocycles. The summed E-state index contributed by atoms with van der Waals surface area (Å²) in [6, 6.07) is 11.6. The molecule has 3 aromatic rings. The highest BCUT2D eigenvalue weighted by Crippen LogP contribution is 2.39. The molecule has 1 N–H and O–H groups in total. The average Bonchev–Trinajstić information content (AvgIpc) is 3.29. The molecule has 8 heteroatoms.